The van der Waals surface area contributed by atoms with Crippen molar-refractivity contribution in [3.05, 3.63) is 0 Å². The normalized spacial score (nSPS) is 12.4. The Bertz CT molecular complexity index is 267. The average Bonchev–Trinajstić information content (AvgIpc) is 2.24. The van der Waals surface area contributed by atoms with Crippen LogP contribution >= 0.6 is 0 Å². The number of rotatable bonds is 6. The minimum atomic E-state index is -4.39. The summed E-state index contributed by atoms with van der Waals surface area (Å²) >= 11 is 0. The van der Waals surface area contributed by atoms with E-state index < -0.39 is 18.8 Å². The first-order valence-corrected chi connectivity index (χ1v) is 5.91. The second kappa shape index (κ2) is 6.82. The van der Waals surface area contributed by atoms with Gasteiger partial charge in [0.2, 0.25) is 0 Å². The molecule has 0 aromatic heterocycles. The molecule has 4 nitrogen and oxygen atoms in total. The van der Waals surface area contributed by atoms with Crippen molar-refractivity contribution in [1.82, 2.24) is 10.2 Å². The van der Waals surface area contributed by atoms with Crippen LogP contribution in [0.4, 0.5) is 18.0 Å². The summed E-state index contributed by atoms with van der Waals surface area (Å²) in [6.45, 7) is 5.39. The van der Waals surface area contributed by atoms with Crippen LogP contribution in [0.5, 0.6) is 0 Å². The number of carbonyl (C=O) groups excluding carboxylic acids is 1. The van der Waals surface area contributed by atoms with Crippen molar-refractivity contribution in [1.29, 1.82) is 0 Å². The van der Waals surface area contributed by atoms with Gasteiger partial charge in [-0.15, -0.1) is 0 Å². The number of nitrogens with one attached hydrogen (secondary N) is 1. The molecule has 0 aliphatic carbocycles. The number of alkyl halides is 3. The van der Waals surface area contributed by atoms with E-state index in [1.54, 1.807) is 0 Å². The molecule has 0 aromatic carbocycles. The van der Waals surface area contributed by atoms with E-state index in [2.05, 4.69) is 0 Å². The zero-order chi connectivity index (χ0) is 14.4. The summed E-state index contributed by atoms with van der Waals surface area (Å²) in [5.74, 6) is 0. The van der Waals surface area contributed by atoms with E-state index in [0.29, 0.717) is 26.1 Å². The molecule has 0 aliphatic heterocycles. The molecule has 7 heteroatoms. The maximum Gasteiger partial charge on any atom is 0.405 e. The summed E-state index contributed by atoms with van der Waals surface area (Å²) in [7, 11) is 0. The third kappa shape index (κ3) is 7.37. The Morgan fingerprint density at radius 3 is 2.28 bits per heavy atom. The molecule has 18 heavy (non-hydrogen) atoms. The fraction of sp³-hybridized carbons (Fsp3) is 0.909. The summed E-state index contributed by atoms with van der Waals surface area (Å²) in [5.41, 5.74) is 5.24. The van der Waals surface area contributed by atoms with Crippen LogP contribution in [0.1, 0.15) is 27.2 Å². The fourth-order valence-electron chi connectivity index (χ4n) is 1.39. The number of hydrogen-bond acceptors (Lipinski definition) is 2. The maximum absolute atomic E-state index is 12.0. The topological polar surface area (TPSA) is 58.4 Å². The molecule has 0 rings (SSSR count). The van der Waals surface area contributed by atoms with Crippen LogP contribution in [-0.4, -0.2) is 43.3 Å². The van der Waals surface area contributed by atoms with Crippen molar-refractivity contribution in [2.24, 2.45) is 11.1 Å². The van der Waals surface area contributed by atoms with Crippen LogP contribution in [0.3, 0.4) is 0 Å². The molecule has 0 aliphatic rings. The number of carbonyl (C=O) groups is 1. The quantitative estimate of drug-likeness (QED) is 0.774. The zero-order valence-electron chi connectivity index (χ0n) is 11.1. The van der Waals surface area contributed by atoms with Gasteiger partial charge in [-0.05, 0) is 18.4 Å². The molecule has 0 atom stereocenters. The van der Waals surface area contributed by atoms with E-state index in [4.69, 9.17) is 5.73 Å². The smallest absolute Gasteiger partial charge is 0.330 e. The first-order valence-electron chi connectivity index (χ1n) is 5.91. The van der Waals surface area contributed by atoms with Crippen LogP contribution in [0.25, 0.3) is 0 Å². The maximum atomic E-state index is 12.0. The summed E-state index contributed by atoms with van der Waals surface area (Å²) < 4.78 is 36.0. The zero-order valence-corrected chi connectivity index (χ0v) is 11.1. The summed E-state index contributed by atoms with van der Waals surface area (Å²) in [6, 6.07) is -0.698. The monoisotopic (exact) mass is 269 g/mol. The van der Waals surface area contributed by atoms with E-state index in [0.717, 1.165) is 0 Å². The number of halogens is 3. The van der Waals surface area contributed by atoms with Crippen molar-refractivity contribution < 1.29 is 18.0 Å². The van der Waals surface area contributed by atoms with Crippen molar-refractivity contribution >= 4 is 6.03 Å². The second-order valence-electron chi connectivity index (χ2n) is 5.06. The van der Waals surface area contributed by atoms with E-state index >= 15 is 0 Å². The van der Waals surface area contributed by atoms with Crippen LogP contribution in [0.15, 0.2) is 0 Å². The Hall–Kier alpha value is -0.980. The number of amides is 2. The van der Waals surface area contributed by atoms with E-state index in [9.17, 15) is 18.0 Å². The largest absolute Gasteiger partial charge is 0.405 e. The number of nitrogens with zero attached hydrogens (tertiary/aromatic N) is 1. The molecule has 0 fully saturated rings. The van der Waals surface area contributed by atoms with Gasteiger partial charge in [-0.25, -0.2) is 4.79 Å². The lowest BCUT2D eigenvalue weighted by Crippen LogP contribution is -2.48. The molecular weight excluding hydrogens is 247 g/mol. The lowest BCUT2D eigenvalue weighted by molar-refractivity contribution is -0.123. The Labute approximate surface area is 106 Å². The molecule has 0 unspecified atom stereocenters. The Morgan fingerprint density at radius 1 is 1.33 bits per heavy atom. The molecule has 0 bridgehead atoms. The van der Waals surface area contributed by atoms with Gasteiger partial charge in [-0.2, -0.15) is 13.2 Å². The molecule has 0 saturated carbocycles. The second-order valence-corrected chi connectivity index (χ2v) is 5.06. The Balaban J connectivity index is 4.45. The summed E-state index contributed by atoms with van der Waals surface area (Å²) in [4.78, 5) is 13.0. The highest BCUT2D eigenvalue weighted by Crippen LogP contribution is 2.16. The average molecular weight is 269 g/mol. The van der Waals surface area contributed by atoms with Gasteiger partial charge in [0.1, 0.15) is 6.54 Å². The van der Waals surface area contributed by atoms with Crippen LogP contribution < -0.4 is 11.1 Å². The van der Waals surface area contributed by atoms with Crippen molar-refractivity contribution in [2.75, 3.05) is 26.2 Å². The van der Waals surface area contributed by atoms with Gasteiger partial charge >= 0.3 is 12.2 Å². The van der Waals surface area contributed by atoms with Crippen LogP contribution in [0.2, 0.25) is 0 Å². The Kier molecular flexibility index (Phi) is 6.45. The van der Waals surface area contributed by atoms with E-state index in [1.807, 2.05) is 26.1 Å². The van der Waals surface area contributed by atoms with Gasteiger partial charge in [0, 0.05) is 13.1 Å². The molecule has 108 valence electrons. The molecule has 0 aromatic rings. The van der Waals surface area contributed by atoms with Crippen LogP contribution in [-0.2, 0) is 0 Å². The van der Waals surface area contributed by atoms with Gasteiger partial charge in [-0.3, -0.25) is 0 Å². The highest BCUT2D eigenvalue weighted by molar-refractivity contribution is 5.74. The van der Waals surface area contributed by atoms with Gasteiger partial charge in [0.25, 0.3) is 0 Å². The standard InChI is InChI=1S/C11H22F3N3O/c1-4-5-17(8-10(2,3)6-15)9(18)16-7-11(12,13)14/h4-8,15H2,1-3H3,(H,16,18). The van der Waals surface area contributed by atoms with Crippen molar-refractivity contribution in [3.63, 3.8) is 0 Å². The lowest BCUT2D eigenvalue weighted by Gasteiger charge is -2.31. The first kappa shape index (κ1) is 17.0. The number of nitrogens with two attached hydrogens (primary N) is 1. The van der Waals surface area contributed by atoms with Gasteiger partial charge in [0.15, 0.2) is 0 Å². The third-order valence-electron chi connectivity index (χ3n) is 2.39. The molecular formula is C11H22F3N3O. The van der Waals surface area contributed by atoms with Gasteiger partial charge < -0.3 is 16.0 Å². The van der Waals surface area contributed by atoms with Crippen molar-refractivity contribution in [3.8, 4) is 0 Å². The number of hydrogen-bond donors (Lipinski definition) is 2. The van der Waals surface area contributed by atoms with Gasteiger partial charge in [-0.1, -0.05) is 20.8 Å². The Morgan fingerprint density at radius 2 is 1.89 bits per heavy atom. The lowest BCUT2D eigenvalue weighted by atomic mass is 9.93. The molecule has 0 spiro atoms. The van der Waals surface area contributed by atoms with Gasteiger partial charge in [0.05, 0.1) is 0 Å². The predicted octanol–water partition coefficient (Wildman–Crippen LogP) is 1.96. The van der Waals surface area contributed by atoms with Crippen molar-refractivity contribution in [2.45, 2.75) is 33.4 Å². The van der Waals surface area contributed by atoms with E-state index in [-0.39, 0.29) is 5.41 Å². The van der Waals surface area contributed by atoms with E-state index in [1.165, 1.54) is 4.90 Å². The molecule has 0 saturated heterocycles. The minimum absolute atomic E-state index is 0.315. The highest BCUT2D eigenvalue weighted by atomic mass is 19.4. The third-order valence-corrected chi connectivity index (χ3v) is 2.39. The summed E-state index contributed by atoms with van der Waals surface area (Å²) in [6.07, 6.45) is -3.71. The fourth-order valence-corrected chi connectivity index (χ4v) is 1.39. The molecule has 0 radical (unpaired) electrons. The number of urea groups is 1. The molecule has 3 N–H and O–H groups in total. The van der Waals surface area contributed by atoms with Crippen LogP contribution in [0, 0.1) is 5.41 Å². The minimum Gasteiger partial charge on any atom is -0.330 e. The first-order chi connectivity index (χ1) is 8.11. The predicted molar refractivity (Wildman–Crippen MR) is 64.2 cm³/mol. The summed E-state index contributed by atoms with van der Waals surface area (Å²) in [5, 5.41) is 1.88. The molecule has 2 amide bonds. The molecule has 0 heterocycles. The SMILES string of the molecule is CCCN(CC(C)(C)CN)C(=O)NCC(F)(F)F. The highest BCUT2D eigenvalue weighted by Gasteiger charge is 2.30.